The summed E-state index contributed by atoms with van der Waals surface area (Å²) < 4.78 is 9.89. The van der Waals surface area contributed by atoms with E-state index < -0.39 is 18.0 Å². The van der Waals surface area contributed by atoms with Gasteiger partial charge in [0.1, 0.15) is 12.3 Å². The average Bonchev–Trinajstić information content (AvgIpc) is 2.77. The molecule has 1 saturated heterocycles. The van der Waals surface area contributed by atoms with Crippen LogP contribution in [0.4, 0.5) is 10.5 Å². The summed E-state index contributed by atoms with van der Waals surface area (Å²) in [5.41, 5.74) is 1.48. The molecule has 1 heterocycles. The Bertz CT molecular complexity index is 933. The minimum absolute atomic E-state index is 0.148. The van der Waals surface area contributed by atoms with Crippen molar-refractivity contribution >= 4 is 35.2 Å². The molecular weight excluding hydrogens is 422 g/mol. The predicted octanol–water partition coefficient (Wildman–Crippen LogP) is 3.03. The monoisotopic (exact) mass is 445 g/mol. The Labute approximate surface area is 185 Å². The zero-order valence-electron chi connectivity index (χ0n) is 17.3. The smallest absolute Gasteiger partial charge is 0.325 e. The zero-order valence-corrected chi connectivity index (χ0v) is 18.0. The number of hydrogen-bond acceptors (Lipinski definition) is 5. The number of ether oxygens (including phenoxy) is 2. The Morgan fingerprint density at radius 2 is 1.77 bits per heavy atom. The van der Waals surface area contributed by atoms with Crippen LogP contribution < -0.4 is 15.4 Å². The fourth-order valence-corrected chi connectivity index (χ4v) is 3.64. The molecule has 2 aromatic carbocycles. The molecule has 9 heteroatoms. The van der Waals surface area contributed by atoms with Crippen molar-refractivity contribution in [1.82, 2.24) is 10.2 Å². The van der Waals surface area contributed by atoms with Crippen molar-refractivity contribution in [3.8, 4) is 5.75 Å². The van der Waals surface area contributed by atoms with Crippen molar-refractivity contribution < 1.29 is 23.9 Å². The number of likely N-dealkylation sites (tertiary alicyclic amines) is 1. The van der Waals surface area contributed by atoms with Crippen molar-refractivity contribution in [3.63, 3.8) is 0 Å². The van der Waals surface area contributed by atoms with Crippen LogP contribution in [-0.4, -0.2) is 56.2 Å². The predicted molar refractivity (Wildman–Crippen MR) is 116 cm³/mol. The van der Waals surface area contributed by atoms with Crippen molar-refractivity contribution in [2.75, 3.05) is 32.6 Å². The van der Waals surface area contributed by atoms with E-state index in [1.807, 2.05) is 24.3 Å². The Hall–Kier alpha value is -3.26. The SMILES string of the molecule is COC(=O)CN1C[C@@H](NC(=O)Nc2ccc(Cl)cc2)C(c2ccc(OC)cc2)CC1=O. The van der Waals surface area contributed by atoms with Crippen molar-refractivity contribution in [1.29, 1.82) is 0 Å². The largest absolute Gasteiger partial charge is 0.497 e. The summed E-state index contributed by atoms with van der Waals surface area (Å²) in [5.74, 6) is -0.255. The lowest BCUT2D eigenvalue weighted by Gasteiger charge is -2.38. The van der Waals surface area contributed by atoms with Crippen molar-refractivity contribution in [2.24, 2.45) is 0 Å². The van der Waals surface area contributed by atoms with Crippen LogP contribution >= 0.6 is 11.6 Å². The van der Waals surface area contributed by atoms with Gasteiger partial charge >= 0.3 is 12.0 Å². The number of amides is 3. The first-order valence-corrected chi connectivity index (χ1v) is 10.1. The summed E-state index contributed by atoms with van der Waals surface area (Å²) >= 11 is 5.88. The minimum Gasteiger partial charge on any atom is -0.497 e. The van der Waals surface area contributed by atoms with Gasteiger partial charge in [-0.05, 0) is 42.0 Å². The molecule has 1 aliphatic rings. The highest BCUT2D eigenvalue weighted by molar-refractivity contribution is 6.30. The summed E-state index contributed by atoms with van der Waals surface area (Å²) in [7, 11) is 2.85. The van der Waals surface area contributed by atoms with E-state index in [4.69, 9.17) is 16.3 Å². The van der Waals surface area contributed by atoms with Crippen LogP contribution in [0.25, 0.3) is 0 Å². The van der Waals surface area contributed by atoms with Gasteiger partial charge in [0.15, 0.2) is 0 Å². The molecule has 2 N–H and O–H groups in total. The Kier molecular flexibility index (Phi) is 7.36. The normalized spacial score (nSPS) is 18.3. The highest BCUT2D eigenvalue weighted by atomic mass is 35.5. The maximum atomic E-state index is 12.7. The molecule has 0 radical (unpaired) electrons. The van der Waals surface area contributed by atoms with Crippen LogP contribution in [-0.2, 0) is 14.3 Å². The van der Waals surface area contributed by atoms with E-state index in [-0.39, 0.29) is 31.3 Å². The number of carbonyl (C=O) groups is 3. The molecule has 8 nitrogen and oxygen atoms in total. The molecule has 164 valence electrons. The van der Waals surface area contributed by atoms with Crippen LogP contribution in [0, 0.1) is 0 Å². The maximum absolute atomic E-state index is 12.7. The van der Waals surface area contributed by atoms with Gasteiger partial charge in [-0.3, -0.25) is 9.59 Å². The van der Waals surface area contributed by atoms with E-state index in [9.17, 15) is 14.4 Å². The minimum atomic E-state index is -0.513. The van der Waals surface area contributed by atoms with E-state index in [1.54, 1.807) is 31.4 Å². The second-order valence-corrected chi connectivity index (χ2v) is 7.58. The lowest BCUT2D eigenvalue weighted by molar-refractivity contribution is -0.148. The van der Waals surface area contributed by atoms with E-state index in [2.05, 4.69) is 15.4 Å². The molecule has 0 aliphatic carbocycles. The fraction of sp³-hybridized carbons (Fsp3) is 0.318. The molecule has 2 aromatic rings. The number of carbonyl (C=O) groups excluding carboxylic acids is 3. The van der Waals surface area contributed by atoms with Crippen molar-refractivity contribution in [2.45, 2.75) is 18.4 Å². The number of anilines is 1. The summed E-state index contributed by atoms with van der Waals surface area (Å²) in [6.07, 6.45) is 0.148. The molecule has 31 heavy (non-hydrogen) atoms. The Morgan fingerprint density at radius 1 is 1.10 bits per heavy atom. The molecule has 0 aromatic heterocycles. The molecule has 0 saturated carbocycles. The molecule has 2 atom stereocenters. The highest BCUT2D eigenvalue weighted by Gasteiger charge is 2.36. The van der Waals surface area contributed by atoms with Gasteiger partial charge in [0.05, 0.1) is 20.3 Å². The number of benzene rings is 2. The third kappa shape index (κ3) is 5.88. The number of halogens is 1. The van der Waals surface area contributed by atoms with Gasteiger partial charge in [0.2, 0.25) is 5.91 Å². The fourth-order valence-electron chi connectivity index (χ4n) is 3.52. The summed E-state index contributed by atoms with van der Waals surface area (Å²) in [5, 5.41) is 6.27. The number of nitrogens with one attached hydrogen (secondary N) is 2. The molecular formula is C22H24ClN3O5. The first-order chi connectivity index (χ1) is 14.9. The molecule has 0 bridgehead atoms. The molecule has 3 rings (SSSR count). The second kappa shape index (κ2) is 10.2. The summed E-state index contributed by atoms with van der Waals surface area (Å²) in [4.78, 5) is 38.4. The molecule has 1 fully saturated rings. The molecule has 1 unspecified atom stereocenters. The van der Waals surface area contributed by atoms with Gasteiger partial charge in [0, 0.05) is 29.6 Å². The van der Waals surface area contributed by atoms with Gasteiger partial charge < -0.3 is 25.0 Å². The van der Waals surface area contributed by atoms with Gasteiger partial charge in [-0.1, -0.05) is 23.7 Å². The zero-order chi connectivity index (χ0) is 22.4. The number of nitrogens with zero attached hydrogens (tertiary/aromatic N) is 1. The molecule has 0 spiro atoms. The number of piperidine rings is 1. The maximum Gasteiger partial charge on any atom is 0.325 e. The van der Waals surface area contributed by atoms with E-state index >= 15 is 0 Å². The van der Waals surface area contributed by atoms with Crippen LogP contribution in [0.3, 0.4) is 0 Å². The topological polar surface area (TPSA) is 97.0 Å². The molecule has 1 aliphatic heterocycles. The van der Waals surface area contributed by atoms with Crippen LogP contribution in [0.2, 0.25) is 5.02 Å². The third-order valence-corrected chi connectivity index (χ3v) is 5.41. The van der Waals surface area contributed by atoms with Gasteiger partial charge in [0.25, 0.3) is 0 Å². The van der Waals surface area contributed by atoms with Gasteiger partial charge in [-0.2, -0.15) is 0 Å². The van der Waals surface area contributed by atoms with E-state index in [0.29, 0.717) is 16.5 Å². The summed E-state index contributed by atoms with van der Waals surface area (Å²) in [6, 6.07) is 13.3. The Balaban J connectivity index is 1.78. The van der Waals surface area contributed by atoms with Crippen molar-refractivity contribution in [3.05, 3.63) is 59.1 Å². The standard InChI is InChI=1S/C22H24ClN3O5/c1-30-17-9-3-14(4-10-17)18-11-20(27)26(13-21(28)31-2)12-19(18)25-22(29)24-16-7-5-15(23)6-8-16/h3-10,18-19H,11-13H2,1-2H3,(H2,24,25,29)/t18?,19-/m1/s1. The first kappa shape index (κ1) is 22.4. The van der Waals surface area contributed by atoms with Crippen LogP contribution in [0.15, 0.2) is 48.5 Å². The van der Waals surface area contributed by atoms with Gasteiger partial charge in [-0.15, -0.1) is 0 Å². The molecule has 3 amide bonds. The quantitative estimate of drug-likeness (QED) is 0.666. The van der Waals surface area contributed by atoms with E-state index in [0.717, 1.165) is 5.56 Å². The number of urea groups is 1. The number of esters is 1. The Morgan fingerprint density at radius 3 is 2.39 bits per heavy atom. The summed E-state index contributed by atoms with van der Waals surface area (Å²) in [6.45, 7) is 0.0142. The third-order valence-electron chi connectivity index (χ3n) is 5.16. The highest BCUT2D eigenvalue weighted by Crippen LogP contribution is 2.30. The number of hydrogen-bond donors (Lipinski definition) is 2. The van der Waals surface area contributed by atoms with Crippen LogP contribution in [0.1, 0.15) is 17.9 Å². The number of methoxy groups -OCH3 is 2. The van der Waals surface area contributed by atoms with Crippen LogP contribution in [0.5, 0.6) is 5.75 Å². The lowest BCUT2D eigenvalue weighted by Crippen LogP contribution is -2.55. The van der Waals surface area contributed by atoms with E-state index in [1.165, 1.54) is 12.0 Å². The average molecular weight is 446 g/mol. The number of rotatable bonds is 6. The second-order valence-electron chi connectivity index (χ2n) is 7.15. The lowest BCUT2D eigenvalue weighted by atomic mass is 9.84. The van der Waals surface area contributed by atoms with Gasteiger partial charge in [-0.25, -0.2) is 4.79 Å². The first-order valence-electron chi connectivity index (χ1n) is 9.71.